The number of sulfonamides is 1. The average molecular weight is 268 g/mol. The zero-order valence-corrected chi connectivity index (χ0v) is 11.1. The molecular weight excluding hydrogens is 256 g/mol. The summed E-state index contributed by atoms with van der Waals surface area (Å²) in [6.45, 7) is 3.67. The van der Waals surface area contributed by atoms with Crippen molar-refractivity contribution in [2.45, 2.75) is 18.7 Å². The third kappa shape index (κ3) is 2.83. The molecule has 1 heterocycles. The Morgan fingerprint density at radius 1 is 1.29 bits per heavy atom. The molecule has 0 aliphatic rings. The van der Waals surface area contributed by atoms with Gasteiger partial charge in [0.15, 0.2) is 5.13 Å². The Hall–Kier alpha value is -1.40. The average Bonchev–Trinajstić information content (AvgIpc) is 2.63. The molecule has 0 fully saturated rings. The summed E-state index contributed by atoms with van der Waals surface area (Å²) in [4.78, 5) is 4.33. The van der Waals surface area contributed by atoms with Crippen LogP contribution in [0.25, 0.3) is 0 Å². The van der Waals surface area contributed by atoms with Gasteiger partial charge in [-0.25, -0.2) is 13.4 Å². The van der Waals surface area contributed by atoms with Crippen molar-refractivity contribution in [1.29, 1.82) is 0 Å². The first-order valence-corrected chi connectivity index (χ1v) is 7.35. The van der Waals surface area contributed by atoms with Gasteiger partial charge in [-0.05, 0) is 31.5 Å². The molecule has 0 aliphatic carbocycles. The van der Waals surface area contributed by atoms with Gasteiger partial charge in [0, 0.05) is 5.38 Å². The minimum absolute atomic E-state index is 0.255. The first-order chi connectivity index (χ1) is 7.97. The van der Waals surface area contributed by atoms with Gasteiger partial charge in [-0.1, -0.05) is 12.1 Å². The first-order valence-electron chi connectivity index (χ1n) is 4.99. The number of nitrogens with zero attached hydrogens (tertiary/aromatic N) is 1. The van der Waals surface area contributed by atoms with Gasteiger partial charge in [0.25, 0.3) is 10.0 Å². The second kappa shape index (κ2) is 4.46. The lowest BCUT2D eigenvalue weighted by Gasteiger charge is -2.05. The summed E-state index contributed by atoms with van der Waals surface area (Å²) in [5, 5.41) is 2.19. The van der Waals surface area contributed by atoms with E-state index >= 15 is 0 Å². The lowest BCUT2D eigenvalue weighted by atomic mass is 10.2. The van der Waals surface area contributed by atoms with Crippen LogP contribution in [0.2, 0.25) is 0 Å². The molecule has 0 aliphatic heterocycles. The number of thiazole rings is 1. The molecule has 90 valence electrons. The molecule has 4 nitrogen and oxygen atoms in total. The van der Waals surface area contributed by atoms with Crippen molar-refractivity contribution in [1.82, 2.24) is 4.98 Å². The zero-order valence-electron chi connectivity index (χ0n) is 9.47. The molecule has 2 rings (SSSR count). The molecule has 1 N–H and O–H groups in total. The zero-order chi connectivity index (χ0) is 12.5. The van der Waals surface area contributed by atoms with Gasteiger partial charge < -0.3 is 0 Å². The highest BCUT2D eigenvalue weighted by Gasteiger charge is 2.15. The van der Waals surface area contributed by atoms with Crippen molar-refractivity contribution in [2.75, 3.05) is 4.72 Å². The van der Waals surface area contributed by atoms with E-state index in [1.54, 1.807) is 23.6 Å². The Morgan fingerprint density at radius 2 is 2.06 bits per heavy atom. The van der Waals surface area contributed by atoms with Crippen LogP contribution >= 0.6 is 11.3 Å². The quantitative estimate of drug-likeness (QED) is 0.930. The molecule has 0 amide bonds. The molecule has 1 aromatic carbocycles. The maximum absolute atomic E-state index is 12.0. The summed E-state index contributed by atoms with van der Waals surface area (Å²) in [6, 6.07) is 6.77. The van der Waals surface area contributed by atoms with Gasteiger partial charge >= 0.3 is 0 Å². The molecule has 0 bridgehead atoms. The topological polar surface area (TPSA) is 59.1 Å². The summed E-state index contributed by atoms with van der Waals surface area (Å²) in [7, 11) is -3.52. The molecule has 0 saturated heterocycles. The third-order valence-electron chi connectivity index (χ3n) is 2.14. The van der Waals surface area contributed by atoms with Crippen LogP contribution in [0, 0.1) is 13.8 Å². The lowest BCUT2D eigenvalue weighted by molar-refractivity contribution is 0.601. The Kier molecular flexibility index (Phi) is 3.17. The van der Waals surface area contributed by atoms with Crippen LogP contribution in [0.15, 0.2) is 34.5 Å². The predicted octanol–water partition coefficient (Wildman–Crippen LogP) is 2.56. The van der Waals surface area contributed by atoms with Crippen molar-refractivity contribution in [3.8, 4) is 0 Å². The molecule has 0 atom stereocenters. The summed E-state index contributed by atoms with van der Waals surface area (Å²) in [5.41, 5.74) is 1.71. The molecule has 0 saturated carbocycles. The summed E-state index contributed by atoms with van der Waals surface area (Å²) in [6.07, 6.45) is 0. The molecule has 0 unspecified atom stereocenters. The number of nitrogens with one attached hydrogen (secondary N) is 1. The Morgan fingerprint density at radius 3 is 2.65 bits per heavy atom. The highest BCUT2D eigenvalue weighted by molar-refractivity contribution is 7.93. The fraction of sp³-hybridized carbons (Fsp3) is 0.182. The Labute approximate surface area is 104 Å². The second-order valence-electron chi connectivity index (χ2n) is 3.72. The number of aromatic nitrogens is 1. The fourth-order valence-corrected chi connectivity index (χ4v) is 3.40. The van der Waals surface area contributed by atoms with E-state index < -0.39 is 10.0 Å². The molecule has 0 spiro atoms. The van der Waals surface area contributed by atoms with Gasteiger partial charge in [-0.15, -0.1) is 11.3 Å². The van der Waals surface area contributed by atoms with Crippen molar-refractivity contribution >= 4 is 26.5 Å². The van der Waals surface area contributed by atoms with Gasteiger partial charge in [0.1, 0.15) is 0 Å². The van der Waals surface area contributed by atoms with E-state index in [9.17, 15) is 8.42 Å². The van der Waals surface area contributed by atoms with E-state index in [1.165, 1.54) is 11.3 Å². The van der Waals surface area contributed by atoms with Crippen LogP contribution in [-0.4, -0.2) is 13.4 Å². The van der Waals surface area contributed by atoms with Crippen LogP contribution in [-0.2, 0) is 10.0 Å². The highest BCUT2D eigenvalue weighted by Crippen LogP contribution is 2.20. The van der Waals surface area contributed by atoms with E-state index in [2.05, 4.69) is 9.71 Å². The van der Waals surface area contributed by atoms with Gasteiger partial charge in [-0.3, -0.25) is 4.72 Å². The van der Waals surface area contributed by atoms with E-state index in [1.807, 2.05) is 19.9 Å². The largest absolute Gasteiger partial charge is 0.263 e. The van der Waals surface area contributed by atoms with Crippen molar-refractivity contribution in [3.63, 3.8) is 0 Å². The van der Waals surface area contributed by atoms with Gasteiger partial charge in [0.05, 0.1) is 10.6 Å². The van der Waals surface area contributed by atoms with Crippen molar-refractivity contribution in [2.24, 2.45) is 0 Å². The molecule has 6 heteroatoms. The van der Waals surface area contributed by atoms with E-state index in [0.717, 1.165) is 11.3 Å². The highest BCUT2D eigenvalue weighted by atomic mass is 32.2. The number of benzene rings is 1. The summed E-state index contributed by atoms with van der Waals surface area (Å²) < 4.78 is 26.5. The van der Waals surface area contributed by atoms with E-state index in [0.29, 0.717) is 5.13 Å². The summed E-state index contributed by atoms with van der Waals surface area (Å²) >= 11 is 1.27. The maximum atomic E-state index is 12.0. The predicted molar refractivity (Wildman–Crippen MR) is 68.8 cm³/mol. The smallest absolute Gasteiger partial charge is 0.255 e. The van der Waals surface area contributed by atoms with Crippen molar-refractivity contribution in [3.05, 3.63) is 40.9 Å². The van der Waals surface area contributed by atoms with E-state index in [4.69, 9.17) is 0 Å². The fourth-order valence-electron chi connectivity index (χ4n) is 1.36. The van der Waals surface area contributed by atoms with Crippen molar-refractivity contribution < 1.29 is 8.42 Å². The minimum Gasteiger partial charge on any atom is -0.255 e. The normalized spacial score (nSPS) is 11.4. The number of hydrogen-bond acceptors (Lipinski definition) is 4. The number of hydrogen-bond donors (Lipinski definition) is 1. The molecule has 2 aromatic rings. The van der Waals surface area contributed by atoms with Gasteiger partial charge in [0.2, 0.25) is 0 Å². The standard InChI is InChI=1S/C11H12N2O2S2/c1-8-4-3-5-10(6-8)17(14,15)13-11-12-9(2)7-16-11/h3-7H,1-2H3,(H,12,13). The monoisotopic (exact) mass is 268 g/mol. The van der Waals surface area contributed by atoms with Crippen LogP contribution in [0.1, 0.15) is 11.3 Å². The molecular formula is C11H12N2O2S2. The molecule has 17 heavy (non-hydrogen) atoms. The maximum Gasteiger partial charge on any atom is 0.263 e. The SMILES string of the molecule is Cc1cccc(S(=O)(=O)Nc2nc(C)cs2)c1. The number of aryl methyl sites for hydroxylation is 2. The van der Waals surface area contributed by atoms with Crippen LogP contribution < -0.4 is 4.72 Å². The minimum atomic E-state index is -3.52. The van der Waals surface area contributed by atoms with Crippen LogP contribution in [0.5, 0.6) is 0 Å². The van der Waals surface area contributed by atoms with E-state index in [-0.39, 0.29) is 4.90 Å². The number of anilines is 1. The summed E-state index contributed by atoms with van der Waals surface area (Å²) in [5.74, 6) is 0. The Bertz CT molecular complexity index is 632. The first kappa shape index (κ1) is 12.1. The van der Waals surface area contributed by atoms with Crippen LogP contribution in [0.3, 0.4) is 0 Å². The van der Waals surface area contributed by atoms with Crippen LogP contribution in [0.4, 0.5) is 5.13 Å². The lowest BCUT2D eigenvalue weighted by Crippen LogP contribution is -2.12. The second-order valence-corrected chi connectivity index (χ2v) is 6.26. The number of rotatable bonds is 3. The molecule has 0 radical (unpaired) electrons. The third-order valence-corrected chi connectivity index (χ3v) is 4.48. The molecule has 1 aromatic heterocycles. The van der Waals surface area contributed by atoms with Gasteiger partial charge in [-0.2, -0.15) is 0 Å². The Balaban J connectivity index is 2.31.